The van der Waals surface area contributed by atoms with Crippen LogP contribution < -0.4 is 10.9 Å². The van der Waals surface area contributed by atoms with Gasteiger partial charge in [-0.3, -0.25) is 19.0 Å². The van der Waals surface area contributed by atoms with Crippen LogP contribution in [0.3, 0.4) is 0 Å². The van der Waals surface area contributed by atoms with E-state index in [4.69, 9.17) is 4.74 Å². The highest BCUT2D eigenvalue weighted by molar-refractivity contribution is 7.18. The van der Waals surface area contributed by atoms with Crippen molar-refractivity contribution in [1.82, 2.24) is 14.9 Å². The molecule has 0 aliphatic carbocycles. The topological polar surface area (TPSA) is 90.3 Å². The molecular formula is C17H23N3O4S. The van der Waals surface area contributed by atoms with Gasteiger partial charge in [0.25, 0.3) is 5.56 Å². The molecule has 7 nitrogen and oxygen atoms in total. The lowest BCUT2D eigenvalue weighted by Crippen LogP contribution is -2.29. The second-order valence-electron chi connectivity index (χ2n) is 6.10. The van der Waals surface area contributed by atoms with Crippen molar-refractivity contribution < 1.29 is 14.3 Å². The maximum absolute atomic E-state index is 12.5. The van der Waals surface area contributed by atoms with Gasteiger partial charge < -0.3 is 10.1 Å². The molecule has 2 rings (SSSR count). The van der Waals surface area contributed by atoms with Gasteiger partial charge in [-0.2, -0.15) is 0 Å². The average molecular weight is 365 g/mol. The summed E-state index contributed by atoms with van der Waals surface area (Å²) in [5.74, 6) is -0.563. The van der Waals surface area contributed by atoms with Crippen molar-refractivity contribution in [3.8, 4) is 0 Å². The molecule has 0 aliphatic heterocycles. The van der Waals surface area contributed by atoms with Crippen molar-refractivity contribution in [2.24, 2.45) is 0 Å². The monoisotopic (exact) mass is 365 g/mol. The highest BCUT2D eigenvalue weighted by Gasteiger charge is 2.13. The third kappa shape index (κ3) is 4.88. The van der Waals surface area contributed by atoms with Gasteiger partial charge in [0.1, 0.15) is 4.83 Å². The number of thiophene rings is 1. The highest BCUT2D eigenvalue weighted by atomic mass is 32.1. The molecule has 2 heterocycles. The summed E-state index contributed by atoms with van der Waals surface area (Å²) in [7, 11) is 0. The Morgan fingerprint density at radius 1 is 1.32 bits per heavy atom. The number of nitrogens with zero attached hydrogens (tertiary/aromatic N) is 2. The zero-order valence-electron chi connectivity index (χ0n) is 14.9. The van der Waals surface area contributed by atoms with Crippen LogP contribution in [0, 0.1) is 13.8 Å². The fourth-order valence-corrected chi connectivity index (χ4v) is 3.35. The smallest absolute Gasteiger partial charge is 0.307 e. The van der Waals surface area contributed by atoms with E-state index in [-0.39, 0.29) is 49.5 Å². The van der Waals surface area contributed by atoms with E-state index in [1.807, 2.05) is 13.8 Å². The molecule has 0 aliphatic rings. The van der Waals surface area contributed by atoms with Crippen molar-refractivity contribution in [2.75, 3.05) is 6.54 Å². The van der Waals surface area contributed by atoms with Gasteiger partial charge in [-0.25, -0.2) is 4.98 Å². The van der Waals surface area contributed by atoms with E-state index in [9.17, 15) is 14.4 Å². The number of hydrogen-bond acceptors (Lipinski definition) is 6. The fraction of sp³-hybridized carbons (Fsp3) is 0.529. The van der Waals surface area contributed by atoms with Gasteiger partial charge in [0.2, 0.25) is 5.91 Å². The van der Waals surface area contributed by atoms with Gasteiger partial charge in [0, 0.05) is 24.4 Å². The summed E-state index contributed by atoms with van der Waals surface area (Å²) in [5, 5.41) is 3.28. The number of hydrogen-bond donors (Lipinski definition) is 1. The van der Waals surface area contributed by atoms with Gasteiger partial charge in [-0.05, 0) is 33.3 Å². The van der Waals surface area contributed by atoms with Crippen LogP contribution in [0.4, 0.5) is 0 Å². The van der Waals surface area contributed by atoms with E-state index >= 15 is 0 Å². The summed E-state index contributed by atoms with van der Waals surface area (Å²) < 4.78 is 6.44. The SMILES string of the molecule is Cc1sc2ncn(CCC(=O)NCCC(=O)OC(C)C)c(=O)c2c1C. The Labute approximate surface area is 150 Å². The summed E-state index contributed by atoms with van der Waals surface area (Å²) in [6.07, 6.45) is 1.59. The van der Waals surface area contributed by atoms with Crippen molar-refractivity contribution in [3.63, 3.8) is 0 Å². The minimum Gasteiger partial charge on any atom is -0.463 e. The Hall–Kier alpha value is -2.22. The zero-order valence-corrected chi connectivity index (χ0v) is 15.7. The predicted molar refractivity (Wildman–Crippen MR) is 96.8 cm³/mol. The number of aromatic nitrogens is 2. The first-order valence-corrected chi connectivity index (χ1v) is 9.02. The second kappa shape index (κ2) is 8.24. The van der Waals surface area contributed by atoms with Crippen molar-refractivity contribution in [2.45, 2.75) is 53.2 Å². The van der Waals surface area contributed by atoms with Gasteiger partial charge in [-0.15, -0.1) is 11.3 Å². The molecule has 2 aromatic rings. The Bertz CT molecular complexity index is 838. The molecule has 0 fully saturated rings. The zero-order chi connectivity index (χ0) is 18.6. The lowest BCUT2D eigenvalue weighted by atomic mass is 10.2. The lowest BCUT2D eigenvalue weighted by molar-refractivity contribution is -0.147. The quantitative estimate of drug-likeness (QED) is 0.757. The molecule has 0 saturated heterocycles. The normalized spacial score (nSPS) is 11.1. The number of carbonyl (C=O) groups excluding carboxylic acids is 2. The summed E-state index contributed by atoms with van der Waals surface area (Å²) in [6.45, 7) is 7.89. The molecule has 1 N–H and O–H groups in total. The number of ether oxygens (including phenoxy) is 1. The first kappa shape index (κ1) is 19.1. The van der Waals surface area contributed by atoms with Crippen LogP contribution in [0.2, 0.25) is 0 Å². The van der Waals surface area contributed by atoms with E-state index in [2.05, 4.69) is 10.3 Å². The predicted octanol–water partition coefficient (Wildman–Crippen LogP) is 1.92. The van der Waals surface area contributed by atoms with E-state index in [0.717, 1.165) is 15.3 Å². The van der Waals surface area contributed by atoms with E-state index in [0.29, 0.717) is 5.39 Å². The Balaban J connectivity index is 1.89. The molecule has 0 atom stereocenters. The minimum absolute atomic E-state index is 0.125. The average Bonchev–Trinajstić information content (AvgIpc) is 2.81. The van der Waals surface area contributed by atoms with E-state index in [1.165, 1.54) is 22.2 Å². The van der Waals surface area contributed by atoms with Gasteiger partial charge in [0.05, 0.1) is 24.2 Å². The molecule has 0 unspecified atom stereocenters. The summed E-state index contributed by atoms with van der Waals surface area (Å²) in [5.41, 5.74) is 0.820. The van der Waals surface area contributed by atoms with Crippen molar-refractivity contribution >= 4 is 33.4 Å². The molecule has 0 bridgehead atoms. The van der Waals surface area contributed by atoms with Gasteiger partial charge in [-0.1, -0.05) is 0 Å². The number of rotatable bonds is 7. The maximum Gasteiger partial charge on any atom is 0.307 e. The first-order chi connectivity index (χ1) is 11.8. The summed E-state index contributed by atoms with van der Waals surface area (Å²) >= 11 is 1.50. The van der Waals surface area contributed by atoms with E-state index in [1.54, 1.807) is 13.8 Å². The molecular weight excluding hydrogens is 342 g/mol. The number of carbonyl (C=O) groups is 2. The summed E-state index contributed by atoms with van der Waals surface area (Å²) in [4.78, 5) is 41.9. The second-order valence-corrected chi connectivity index (χ2v) is 7.30. The molecule has 136 valence electrons. The molecule has 0 radical (unpaired) electrons. The van der Waals surface area contributed by atoms with Crippen LogP contribution in [-0.4, -0.2) is 34.1 Å². The molecule has 0 spiro atoms. The number of amides is 1. The Morgan fingerprint density at radius 3 is 2.72 bits per heavy atom. The number of nitrogens with one attached hydrogen (secondary N) is 1. The third-order valence-corrected chi connectivity index (χ3v) is 4.87. The van der Waals surface area contributed by atoms with Gasteiger partial charge in [0.15, 0.2) is 0 Å². The molecule has 8 heteroatoms. The van der Waals surface area contributed by atoms with Crippen LogP contribution >= 0.6 is 11.3 Å². The highest BCUT2D eigenvalue weighted by Crippen LogP contribution is 2.25. The number of fused-ring (bicyclic) bond motifs is 1. The molecule has 25 heavy (non-hydrogen) atoms. The number of esters is 1. The molecule has 2 aromatic heterocycles. The first-order valence-electron chi connectivity index (χ1n) is 8.21. The Kier molecular flexibility index (Phi) is 6.30. The minimum atomic E-state index is -0.343. The van der Waals surface area contributed by atoms with Crippen LogP contribution in [-0.2, 0) is 20.9 Å². The summed E-state index contributed by atoms with van der Waals surface area (Å²) in [6, 6.07) is 0. The standard InChI is InChI=1S/C17H23N3O4S/c1-10(2)24-14(22)5-7-18-13(21)6-8-20-9-19-16-15(17(20)23)11(3)12(4)25-16/h9-10H,5-8H2,1-4H3,(H,18,21). The van der Waals surface area contributed by atoms with Crippen LogP contribution in [0.1, 0.15) is 37.1 Å². The fourth-order valence-electron chi connectivity index (χ4n) is 2.37. The van der Waals surface area contributed by atoms with Gasteiger partial charge >= 0.3 is 5.97 Å². The van der Waals surface area contributed by atoms with E-state index < -0.39 is 0 Å². The molecule has 0 aromatic carbocycles. The van der Waals surface area contributed by atoms with Crippen molar-refractivity contribution in [1.29, 1.82) is 0 Å². The maximum atomic E-state index is 12.5. The lowest BCUT2D eigenvalue weighted by Gasteiger charge is -2.09. The number of aryl methyl sites for hydroxylation is 3. The van der Waals surface area contributed by atoms with Crippen LogP contribution in [0.5, 0.6) is 0 Å². The van der Waals surface area contributed by atoms with Crippen LogP contribution in [0.25, 0.3) is 10.2 Å². The Morgan fingerprint density at radius 2 is 2.04 bits per heavy atom. The van der Waals surface area contributed by atoms with Crippen molar-refractivity contribution in [3.05, 3.63) is 27.1 Å². The third-order valence-electron chi connectivity index (χ3n) is 3.75. The molecule has 1 amide bonds. The largest absolute Gasteiger partial charge is 0.463 e. The van der Waals surface area contributed by atoms with Crippen LogP contribution in [0.15, 0.2) is 11.1 Å². The molecule has 0 saturated carbocycles.